The van der Waals surface area contributed by atoms with Crippen LogP contribution in [0.2, 0.25) is 0 Å². The number of nitrogens with zero attached hydrogens (tertiary/aromatic N) is 1. The molecule has 1 heterocycles. The molecule has 0 aliphatic rings. The number of aryl methyl sites for hydroxylation is 1. The van der Waals surface area contributed by atoms with Crippen LogP contribution in [0.3, 0.4) is 0 Å². The number of pyridine rings is 1. The van der Waals surface area contributed by atoms with Crippen LogP contribution in [0.5, 0.6) is 0 Å². The number of nitrogens with one attached hydrogen (secondary N) is 1. The standard InChI is InChI=1S/C14H16N2O3S/c1-10-6-7-15-14(8-10)16-20(18,19)13-5-3-4-12(9-13)11(2)17/h3-9,11,17H,1-2H3,(H,15,16). The predicted octanol–water partition coefficient (Wildman–Crippen LogP) is 2.24. The Bertz CT molecular complexity index is 712. The van der Waals surface area contributed by atoms with Gasteiger partial charge in [-0.15, -0.1) is 0 Å². The van der Waals surface area contributed by atoms with Crippen molar-refractivity contribution in [2.24, 2.45) is 0 Å². The summed E-state index contributed by atoms with van der Waals surface area (Å²) in [7, 11) is -3.71. The van der Waals surface area contributed by atoms with Crippen molar-refractivity contribution >= 4 is 15.8 Å². The van der Waals surface area contributed by atoms with Gasteiger partial charge >= 0.3 is 0 Å². The Kier molecular flexibility index (Phi) is 4.06. The first kappa shape index (κ1) is 14.5. The highest BCUT2D eigenvalue weighted by atomic mass is 32.2. The van der Waals surface area contributed by atoms with Gasteiger partial charge in [0.25, 0.3) is 10.0 Å². The van der Waals surface area contributed by atoms with Crippen molar-refractivity contribution in [3.05, 3.63) is 53.7 Å². The van der Waals surface area contributed by atoms with Crippen LogP contribution in [0.25, 0.3) is 0 Å². The second-order valence-corrected chi connectivity index (χ2v) is 6.25. The van der Waals surface area contributed by atoms with Gasteiger partial charge in [0.2, 0.25) is 0 Å². The van der Waals surface area contributed by atoms with E-state index in [1.165, 1.54) is 12.1 Å². The van der Waals surface area contributed by atoms with Gasteiger partial charge in [-0.05, 0) is 49.2 Å². The fraction of sp³-hybridized carbons (Fsp3) is 0.214. The summed E-state index contributed by atoms with van der Waals surface area (Å²) in [5.41, 5.74) is 1.46. The second kappa shape index (κ2) is 5.60. The number of sulfonamides is 1. The third-order valence-electron chi connectivity index (χ3n) is 2.81. The SMILES string of the molecule is Cc1ccnc(NS(=O)(=O)c2cccc(C(C)O)c2)c1. The van der Waals surface area contributed by atoms with Gasteiger partial charge in [0.05, 0.1) is 11.0 Å². The molecule has 6 heteroatoms. The van der Waals surface area contributed by atoms with Gasteiger partial charge in [-0.25, -0.2) is 13.4 Å². The van der Waals surface area contributed by atoms with Crippen molar-refractivity contribution in [3.63, 3.8) is 0 Å². The Morgan fingerprint density at radius 3 is 2.65 bits per heavy atom. The highest BCUT2D eigenvalue weighted by molar-refractivity contribution is 7.92. The monoisotopic (exact) mass is 292 g/mol. The summed E-state index contributed by atoms with van der Waals surface area (Å²) in [4.78, 5) is 4.06. The van der Waals surface area contributed by atoms with Crippen LogP contribution >= 0.6 is 0 Å². The summed E-state index contributed by atoms with van der Waals surface area (Å²) >= 11 is 0. The van der Waals surface area contributed by atoms with E-state index >= 15 is 0 Å². The van der Waals surface area contributed by atoms with Crippen molar-refractivity contribution in [3.8, 4) is 0 Å². The molecule has 2 rings (SSSR count). The van der Waals surface area contributed by atoms with E-state index in [9.17, 15) is 13.5 Å². The first-order chi connectivity index (χ1) is 9.38. The van der Waals surface area contributed by atoms with Gasteiger partial charge in [0.1, 0.15) is 5.82 Å². The lowest BCUT2D eigenvalue weighted by molar-refractivity contribution is 0.199. The van der Waals surface area contributed by atoms with Gasteiger partial charge in [0.15, 0.2) is 0 Å². The first-order valence-electron chi connectivity index (χ1n) is 6.12. The summed E-state index contributed by atoms with van der Waals surface area (Å²) in [5.74, 6) is 0.271. The van der Waals surface area contributed by atoms with Crippen molar-refractivity contribution in [1.82, 2.24) is 4.98 Å². The molecule has 0 saturated carbocycles. The van der Waals surface area contributed by atoms with E-state index in [0.29, 0.717) is 5.56 Å². The lowest BCUT2D eigenvalue weighted by atomic mass is 10.1. The van der Waals surface area contributed by atoms with Crippen LogP contribution < -0.4 is 4.72 Å². The molecule has 1 aromatic carbocycles. The van der Waals surface area contributed by atoms with Gasteiger partial charge in [-0.1, -0.05) is 12.1 Å². The smallest absolute Gasteiger partial charge is 0.263 e. The van der Waals surface area contributed by atoms with Crippen LogP contribution in [0.1, 0.15) is 24.2 Å². The Labute approximate surface area is 118 Å². The van der Waals surface area contributed by atoms with E-state index in [2.05, 4.69) is 9.71 Å². The average molecular weight is 292 g/mol. The molecular formula is C14H16N2O3S. The van der Waals surface area contributed by atoms with Gasteiger partial charge in [0, 0.05) is 6.20 Å². The van der Waals surface area contributed by atoms with E-state index in [0.717, 1.165) is 5.56 Å². The molecule has 2 N–H and O–H groups in total. The highest BCUT2D eigenvalue weighted by Crippen LogP contribution is 2.19. The largest absolute Gasteiger partial charge is 0.389 e. The lowest BCUT2D eigenvalue weighted by Crippen LogP contribution is -2.14. The number of rotatable bonds is 4. The van der Waals surface area contributed by atoms with Gasteiger partial charge in [-0.3, -0.25) is 4.72 Å². The maximum absolute atomic E-state index is 12.3. The Morgan fingerprint density at radius 2 is 2.00 bits per heavy atom. The first-order valence-corrected chi connectivity index (χ1v) is 7.60. The number of aliphatic hydroxyl groups excluding tert-OH is 1. The number of benzene rings is 1. The summed E-state index contributed by atoms with van der Waals surface area (Å²) in [5, 5.41) is 9.51. The fourth-order valence-corrected chi connectivity index (χ4v) is 2.78. The molecule has 2 aromatic rings. The number of aliphatic hydroxyl groups is 1. The van der Waals surface area contributed by atoms with E-state index in [4.69, 9.17) is 0 Å². The third-order valence-corrected chi connectivity index (χ3v) is 4.16. The van der Waals surface area contributed by atoms with Crippen LogP contribution in [0.4, 0.5) is 5.82 Å². The Morgan fingerprint density at radius 1 is 1.25 bits per heavy atom. The van der Waals surface area contributed by atoms with Gasteiger partial charge in [-0.2, -0.15) is 0 Å². The molecule has 20 heavy (non-hydrogen) atoms. The number of anilines is 1. The third kappa shape index (κ3) is 3.34. The zero-order valence-corrected chi connectivity index (χ0v) is 12.1. The highest BCUT2D eigenvalue weighted by Gasteiger charge is 2.16. The molecule has 0 bridgehead atoms. The topological polar surface area (TPSA) is 79.3 Å². The molecule has 5 nitrogen and oxygen atoms in total. The van der Waals surface area contributed by atoms with Crippen LogP contribution in [0, 0.1) is 6.92 Å². The molecule has 106 valence electrons. The maximum atomic E-state index is 12.3. The van der Waals surface area contributed by atoms with E-state index in [1.54, 1.807) is 37.4 Å². The summed E-state index contributed by atoms with van der Waals surface area (Å²) < 4.78 is 26.9. The molecule has 0 saturated heterocycles. The number of aromatic nitrogens is 1. The zero-order chi connectivity index (χ0) is 14.8. The van der Waals surface area contributed by atoms with Crippen LogP contribution in [-0.2, 0) is 10.0 Å². The van der Waals surface area contributed by atoms with Crippen LogP contribution in [-0.4, -0.2) is 18.5 Å². The normalized spacial score (nSPS) is 12.9. The average Bonchev–Trinajstić information content (AvgIpc) is 2.38. The second-order valence-electron chi connectivity index (χ2n) is 4.57. The van der Waals surface area contributed by atoms with Crippen molar-refractivity contribution < 1.29 is 13.5 Å². The number of hydrogen-bond donors (Lipinski definition) is 2. The summed E-state index contributed by atoms with van der Waals surface area (Å²) in [6.07, 6.45) is 0.821. The molecule has 0 aliphatic carbocycles. The van der Waals surface area contributed by atoms with Gasteiger partial charge < -0.3 is 5.11 Å². The quantitative estimate of drug-likeness (QED) is 0.905. The Hall–Kier alpha value is -1.92. The summed E-state index contributed by atoms with van der Waals surface area (Å²) in [6.45, 7) is 3.44. The summed E-state index contributed by atoms with van der Waals surface area (Å²) in [6, 6.07) is 9.63. The Balaban J connectivity index is 2.33. The molecule has 0 fully saturated rings. The molecule has 0 amide bonds. The van der Waals surface area contributed by atoms with Crippen molar-refractivity contribution in [1.29, 1.82) is 0 Å². The lowest BCUT2D eigenvalue weighted by Gasteiger charge is -2.10. The maximum Gasteiger partial charge on any atom is 0.263 e. The van der Waals surface area contributed by atoms with Crippen molar-refractivity contribution in [2.45, 2.75) is 24.8 Å². The van der Waals surface area contributed by atoms with Crippen molar-refractivity contribution in [2.75, 3.05) is 4.72 Å². The minimum atomic E-state index is -3.71. The molecule has 1 unspecified atom stereocenters. The van der Waals surface area contributed by atoms with E-state index in [1.807, 2.05) is 6.92 Å². The van der Waals surface area contributed by atoms with E-state index < -0.39 is 16.1 Å². The molecule has 0 radical (unpaired) electrons. The molecule has 1 aromatic heterocycles. The molecule has 0 spiro atoms. The minimum absolute atomic E-state index is 0.0965. The zero-order valence-electron chi connectivity index (χ0n) is 11.2. The van der Waals surface area contributed by atoms with E-state index in [-0.39, 0.29) is 10.7 Å². The molecular weight excluding hydrogens is 276 g/mol. The molecule has 1 atom stereocenters. The van der Waals surface area contributed by atoms with Crippen LogP contribution in [0.15, 0.2) is 47.5 Å². The predicted molar refractivity (Wildman–Crippen MR) is 76.9 cm³/mol. The molecule has 0 aliphatic heterocycles. The minimum Gasteiger partial charge on any atom is -0.389 e. The fourth-order valence-electron chi connectivity index (χ4n) is 1.73. The number of hydrogen-bond acceptors (Lipinski definition) is 4.